The average molecular weight is 251 g/mol. The summed E-state index contributed by atoms with van der Waals surface area (Å²) in [6, 6.07) is 2.14. The summed E-state index contributed by atoms with van der Waals surface area (Å²) < 4.78 is 11.1. The van der Waals surface area contributed by atoms with Gasteiger partial charge in [-0.25, -0.2) is 4.98 Å². The Kier molecular flexibility index (Phi) is 4.36. The Labute approximate surface area is 108 Å². The van der Waals surface area contributed by atoms with E-state index < -0.39 is 0 Å². The second kappa shape index (κ2) is 6.00. The molecule has 1 aliphatic rings. The van der Waals surface area contributed by atoms with E-state index in [1.54, 1.807) is 0 Å². The standard InChI is InChI=1S/C13H21N3O2/c1-4-6-18-12-8-9(2)14-13(16-12)15-11-5-7-17-10(11)3/h8,10-11H,4-7H2,1-3H3,(H,14,15,16). The predicted octanol–water partition coefficient (Wildman–Crippen LogP) is 2.16. The molecule has 100 valence electrons. The van der Waals surface area contributed by atoms with Crippen LogP contribution in [0, 0.1) is 6.92 Å². The maximum Gasteiger partial charge on any atom is 0.226 e. The highest BCUT2D eigenvalue weighted by molar-refractivity contribution is 5.32. The molecule has 0 aromatic carbocycles. The molecule has 5 nitrogen and oxygen atoms in total. The summed E-state index contributed by atoms with van der Waals surface area (Å²) in [4.78, 5) is 8.75. The molecule has 1 saturated heterocycles. The molecular weight excluding hydrogens is 230 g/mol. The number of nitrogens with one attached hydrogen (secondary N) is 1. The fourth-order valence-electron chi connectivity index (χ4n) is 1.97. The number of aromatic nitrogens is 2. The normalized spacial score (nSPS) is 23.1. The largest absolute Gasteiger partial charge is 0.478 e. The van der Waals surface area contributed by atoms with Gasteiger partial charge in [-0.1, -0.05) is 6.92 Å². The van der Waals surface area contributed by atoms with E-state index in [0.29, 0.717) is 18.4 Å². The molecule has 1 fully saturated rings. The van der Waals surface area contributed by atoms with Crippen molar-refractivity contribution in [3.8, 4) is 5.88 Å². The van der Waals surface area contributed by atoms with E-state index in [4.69, 9.17) is 9.47 Å². The van der Waals surface area contributed by atoms with Gasteiger partial charge in [-0.3, -0.25) is 0 Å². The van der Waals surface area contributed by atoms with Gasteiger partial charge >= 0.3 is 0 Å². The topological polar surface area (TPSA) is 56.3 Å². The van der Waals surface area contributed by atoms with Gasteiger partial charge < -0.3 is 14.8 Å². The van der Waals surface area contributed by atoms with Gasteiger partial charge in [-0.15, -0.1) is 0 Å². The van der Waals surface area contributed by atoms with Crippen LogP contribution in [0.5, 0.6) is 5.88 Å². The van der Waals surface area contributed by atoms with Gasteiger partial charge in [0.25, 0.3) is 0 Å². The summed E-state index contributed by atoms with van der Waals surface area (Å²) in [5, 5.41) is 3.32. The van der Waals surface area contributed by atoms with Crippen molar-refractivity contribution in [2.24, 2.45) is 0 Å². The van der Waals surface area contributed by atoms with E-state index in [-0.39, 0.29) is 12.1 Å². The zero-order valence-electron chi connectivity index (χ0n) is 11.3. The van der Waals surface area contributed by atoms with Crippen LogP contribution in [0.15, 0.2) is 6.07 Å². The highest BCUT2D eigenvalue weighted by Crippen LogP contribution is 2.18. The van der Waals surface area contributed by atoms with Crippen LogP contribution >= 0.6 is 0 Å². The molecule has 2 heterocycles. The number of hydrogen-bond acceptors (Lipinski definition) is 5. The summed E-state index contributed by atoms with van der Waals surface area (Å²) in [5.41, 5.74) is 0.908. The van der Waals surface area contributed by atoms with Crippen molar-refractivity contribution in [1.82, 2.24) is 9.97 Å². The Morgan fingerprint density at radius 1 is 1.50 bits per heavy atom. The Morgan fingerprint density at radius 2 is 2.33 bits per heavy atom. The number of nitrogens with zero attached hydrogens (tertiary/aromatic N) is 2. The molecule has 2 rings (SSSR count). The molecule has 0 amide bonds. The summed E-state index contributed by atoms with van der Waals surface area (Å²) in [6.45, 7) is 7.56. The summed E-state index contributed by atoms with van der Waals surface area (Å²) in [6.07, 6.45) is 2.16. The molecule has 1 aliphatic heterocycles. The minimum atomic E-state index is 0.203. The fraction of sp³-hybridized carbons (Fsp3) is 0.692. The van der Waals surface area contributed by atoms with Crippen molar-refractivity contribution in [3.05, 3.63) is 11.8 Å². The highest BCUT2D eigenvalue weighted by atomic mass is 16.5. The number of ether oxygens (including phenoxy) is 2. The zero-order chi connectivity index (χ0) is 13.0. The molecular formula is C13H21N3O2. The smallest absolute Gasteiger partial charge is 0.226 e. The number of hydrogen-bond donors (Lipinski definition) is 1. The van der Waals surface area contributed by atoms with Crippen LogP contribution in [0.2, 0.25) is 0 Å². The van der Waals surface area contributed by atoms with Crippen molar-refractivity contribution in [2.75, 3.05) is 18.5 Å². The van der Waals surface area contributed by atoms with Crippen molar-refractivity contribution >= 4 is 5.95 Å². The van der Waals surface area contributed by atoms with Crippen molar-refractivity contribution < 1.29 is 9.47 Å². The van der Waals surface area contributed by atoms with Crippen LogP contribution < -0.4 is 10.1 Å². The van der Waals surface area contributed by atoms with Gasteiger partial charge in [-0.2, -0.15) is 4.98 Å². The highest BCUT2D eigenvalue weighted by Gasteiger charge is 2.24. The molecule has 1 N–H and O–H groups in total. The van der Waals surface area contributed by atoms with Gasteiger partial charge in [0, 0.05) is 18.4 Å². The van der Waals surface area contributed by atoms with Crippen LogP contribution in [0.1, 0.15) is 32.4 Å². The molecule has 1 aromatic heterocycles. The Bertz CT molecular complexity index is 398. The molecule has 0 saturated carbocycles. The van der Waals surface area contributed by atoms with Gasteiger partial charge in [0.2, 0.25) is 11.8 Å². The second-order valence-corrected chi connectivity index (χ2v) is 4.64. The lowest BCUT2D eigenvalue weighted by Crippen LogP contribution is -2.27. The number of anilines is 1. The van der Waals surface area contributed by atoms with E-state index in [9.17, 15) is 0 Å². The van der Waals surface area contributed by atoms with E-state index in [2.05, 4.69) is 29.1 Å². The minimum absolute atomic E-state index is 0.203. The van der Waals surface area contributed by atoms with Gasteiger partial charge in [0.05, 0.1) is 18.8 Å². The van der Waals surface area contributed by atoms with Crippen LogP contribution in [0.3, 0.4) is 0 Å². The number of rotatable bonds is 5. The number of aryl methyl sites for hydroxylation is 1. The Hall–Kier alpha value is -1.36. The third-order valence-corrected chi connectivity index (χ3v) is 2.98. The van der Waals surface area contributed by atoms with Crippen molar-refractivity contribution in [1.29, 1.82) is 0 Å². The zero-order valence-corrected chi connectivity index (χ0v) is 11.3. The lowest BCUT2D eigenvalue weighted by molar-refractivity contribution is 0.121. The second-order valence-electron chi connectivity index (χ2n) is 4.64. The molecule has 0 radical (unpaired) electrons. The first-order valence-corrected chi connectivity index (χ1v) is 6.55. The Morgan fingerprint density at radius 3 is 3.00 bits per heavy atom. The molecule has 0 bridgehead atoms. The third-order valence-electron chi connectivity index (χ3n) is 2.98. The van der Waals surface area contributed by atoms with E-state index in [1.165, 1.54) is 0 Å². The minimum Gasteiger partial charge on any atom is -0.478 e. The fourth-order valence-corrected chi connectivity index (χ4v) is 1.97. The lowest BCUT2D eigenvalue weighted by atomic mass is 10.2. The van der Waals surface area contributed by atoms with E-state index in [1.807, 2.05) is 13.0 Å². The van der Waals surface area contributed by atoms with Crippen LogP contribution in [-0.2, 0) is 4.74 Å². The van der Waals surface area contributed by atoms with Crippen LogP contribution in [-0.4, -0.2) is 35.3 Å². The molecule has 5 heteroatoms. The first-order valence-electron chi connectivity index (χ1n) is 6.55. The summed E-state index contributed by atoms with van der Waals surface area (Å²) in [5.74, 6) is 1.27. The molecule has 0 aliphatic carbocycles. The summed E-state index contributed by atoms with van der Waals surface area (Å²) >= 11 is 0. The van der Waals surface area contributed by atoms with Crippen molar-refractivity contribution in [2.45, 2.75) is 45.8 Å². The molecule has 0 spiro atoms. The first kappa shape index (κ1) is 13.1. The van der Waals surface area contributed by atoms with Gasteiger partial charge in [0.1, 0.15) is 0 Å². The maximum atomic E-state index is 5.55. The molecule has 2 unspecified atom stereocenters. The van der Waals surface area contributed by atoms with Crippen LogP contribution in [0.4, 0.5) is 5.95 Å². The third kappa shape index (κ3) is 3.32. The van der Waals surface area contributed by atoms with Gasteiger partial charge in [-0.05, 0) is 26.7 Å². The Balaban J connectivity index is 2.05. The molecule has 2 atom stereocenters. The van der Waals surface area contributed by atoms with Crippen molar-refractivity contribution in [3.63, 3.8) is 0 Å². The molecule has 1 aromatic rings. The van der Waals surface area contributed by atoms with E-state index >= 15 is 0 Å². The average Bonchev–Trinajstić information content (AvgIpc) is 2.72. The van der Waals surface area contributed by atoms with Gasteiger partial charge in [0.15, 0.2) is 0 Å². The summed E-state index contributed by atoms with van der Waals surface area (Å²) in [7, 11) is 0. The van der Waals surface area contributed by atoms with E-state index in [0.717, 1.165) is 25.1 Å². The first-order chi connectivity index (χ1) is 8.69. The molecule has 18 heavy (non-hydrogen) atoms. The predicted molar refractivity (Wildman–Crippen MR) is 70.0 cm³/mol. The maximum absolute atomic E-state index is 5.55. The SMILES string of the molecule is CCCOc1cc(C)nc(NC2CCOC2C)n1. The monoisotopic (exact) mass is 251 g/mol. The van der Waals surface area contributed by atoms with Crippen LogP contribution in [0.25, 0.3) is 0 Å². The lowest BCUT2D eigenvalue weighted by Gasteiger charge is -2.16. The quantitative estimate of drug-likeness (QED) is 0.869.